The molecule has 0 spiro atoms. The highest BCUT2D eigenvalue weighted by Crippen LogP contribution is 2.30. The van der Waals surface area contributed by atoms with Crippen LogP contribution in [0.5, 0.6) is 0 Å². The molecule has 3 heteroatoms. The molecule has 112 valence electrons. The van der Waals surface area contributed by atoms with E-state index < -0.39 is 0 Å². The van der Waals surface area contributed by atoms with Crippen LogP contribution in [-0.4, -0.2) is 18.5 Å². The number of rotatable bonds is 8. The first kappa shape index (κ1) is 16.5. The van der Waals surface area contributed by atoms with Gasteiger partial charge in [-0.1, -0.05) is 26.2 Å². The highest BCUT2D eigenvalue weighted by Gasteiger charge is 2.22. The highest BCUT2D eigenvalue weighted by atomic mass is 16.1. The normalized spacial score (nSPS) is 25.0. The van der Waals surface area contributed by atoms with Crippen LogP contribution in [0, 0.1) is 11.8 Å². The number of nitrogens with two attached hydrogens (primary N) is 1. The Kier molecular flexibility index (Phi) is 8.11. The van der Waals surface area contributed by atoms with Crippen LogP contribution in [0.3, 0.4) is 0 Å². The summed E-state index contributed by atoms with van der Waals surface area (Å²) in [5.41, 5.74) is 5.69. The molecule has 1 aliphatic rings. The zero-order valence-corrected chi connectivity index (χ0v) is 12.8. The van der Waals surface area contributed by atoms with Crippen LogP contribution in [0.15, 0.2) is 0 Å². The molecule has 1 fully saturated rings. The van der Waals surface area contributed by atoms with E-state index in [1.165, 1.54) is 44.9 Å². The molecular formula is C16H32N2O. The third kappa shape index (κ3) is 6.95. The van der Waals surface area contributed by atoms with Crippen molar-refractivity contribution in [2.45, 2.75) is 77.7 Å². The maximum atomic E-state index is 12.0. The van der Waals surface area contributed by atoms with E-state index in [2.05, 4.69) is 19.2 Å². The molecule has 0 saturated heterocycles. The molecule has 0 aliphatic heterocycles. The van der Waals surface area contributed by atoms with Gasteiger partial charge in [0, 0.05) is 12.5 Å². The Bertz CT molecular complexity index is 247. The van der Waals surface area contributed by atoms with E-state index in [0.717, 1.165) is 19.4 Å². The van der Waals surface area contributed by atoms with Crippen LogP contribution in [0.25, 0.3) is 0 Å². The molecule has 1 saturated carbocycles. The summed E-state index contributed by atoms with van der Waals surface area (Å²) in [7, 11) is 0. The average molecular weight is 268 g/mol. The van der Waals surface area contributed by atoms with Crippen LogP contribution >= 0.6 is 0 Å². The Balaban J connectivity index is 2.13. The van der Waals surface area contributed by atoms with Gasteiger partial charge >= 0.3 is 0 Å². The second-order valence-corrected chi connectivity index (χ2v) is 6.29. The molecular weight excluding hydrogens is 236 g/mol. The zero-order chi connectivity index (χ0) is 14.1. The van der Waals surface area contributed by atoms with Gasteiger partial charge < -0.3 is 11.1 Å². The molecule has 1 rings (SSSR count). The Labute approximate surface area is 118 Å². The van der Waals surface area contributed by atoms with Crippen molar-refractivity contribution in [1.82, 2.24) is 5.32 Å². The molecule has 0 aromatic heterocycles. The van der Waals surface area contributed by atoms with Gasteiger partial charge in [-0.15, -0.1) is 0 Å². The van der Waals surface area contributed by atoms with Crippen molar-refractivity contribution in [2.24, 2.45) is 17.6 Å². The van der Waals surface area contributed by atoms with Gasteiger partial charge in [-0.2, -0.15) is 0 Å². The quantitative estimate of drug-likeness (QED) is 0.664. The SMILES string of the molecule is CCCCCC(C)NC(=O)CC1CCC(CN)CC1. The summed E-state index contributed by atoms with van der Waals surface area (Å²) in [4.78, 5) is 12.0. The van der Waals surface area contributed by atoms with Crippen LogP contribution < -0.4 is 11.1 Å². The molecule has 0 heterocycles. The monoisotopic (exact) mass is 268 g/mol. The van der Waals surface area contributed by atoms with Crippen LogP contribution in [0.4, 0.5) is 0 Å². The van der Waals surface area contributed by atoms with Crippen molar-refractivity contribution in [3.63, 3.8) is 0 Å². The van der Waals surface area contributed by atoms with Crippen LogP contribution in [-0.2, 0) is 4.79 Å². The largest absolute Gasteiger partial charge is 0.354 e. The fourth-order valence-electron chi connectivity index (χ4n) is 3.04. The summed E-state index contributed by atoms with van der Waals surface area (Å²) < 4.78 is 0. The van der Waals surface area contributed by atoms with Crippen molar-refractivity contribution in [3.8, 4) is 0 Å². The molecule has 0 aromatic carbocycles. The van der Waals surface area contributed by atoms with Crippen molar-refractivity contribution in [3.05, 3.63) is 0 Å². The second-order valence-electron chi connectivity index (χ2n) is 6.29. The molecule has 1 aliphatic carbocycles. The lowest BCUT2D eigenvalue weighted by Gasteiger charge is -2.27. The molecule has 3 nitrogen and oxygen atoms in total. The topological polar surface area (TPSA) is 55.1 Å². The third-order valence-electron chi connectivity index (χ3n) is 4.42. The van der Waals surface area contributed by atoms with Crippen molar-refractivity contribution >= 4 is 5.91 Å². The molecule has 0 bridgehead atoms. The van der Waals surface area contributed by atoms with E-state index in [1.54, 1.807) is 0 Å². The van der Waals surface area contributed by atoms with Gasteiger partial charge in [0.05, 0.1) is 0 Å². The summed E-state index contributed by atoms with van der Waals surface area (Å²) in [6.45, 7) is 5.15. The first-order valence-corrected chi connectivity index (χ1v) is 8.15. The van der Waals surface area contributed by atoms with Gasteiger partial charge in [0.1, 0.15) is 0 Å². The summed E-state index contributed by atoms with van der Waals surface area (Å²) in [6, 6.07) is 0.333. The summed E-state index contributed by atoms with van der Waals surface area (Å²) in [6.07, 6.45) is 10.3. The van der Waals surface area contributed by atoms with E-state index in [1.807, 2.05) is 0 Å². The standard InChI is InChI=1S/C16H32N2O/c1-3-4-5-6-13(2)18-16(19)11-14-7-9-15(12-17)10-8-14/h13-15H,3-12,17H2,1-2H3,(H,18,19). The zero-order valence-electron chi connectivity index (χ0n) is 12.8. The van der Waals surface area contributed by atoms with E-state index in [-0.39, 0.29) is 5.91 Å². The minimum absolute atomic E-state index is 0.250. The number of hydrogen-bond donors (Lipinski definition) is 2. The third-order valence-corrected chi connectivity index (χ3v) is 4.42. The Morgan fingerprint density at radius 3 is 2.42 bits per heavy atom. The van der Waals surface area contributed by atoms with Gasteiger partial charge in [-0.05, 0) is 57.4 Å². The Morgan fingerprint density at radius 1 is 1.21 bits per heavy atom. The van der Waals surface area contributed by atoms with E-state index in [9.17, 15) is 4.79 Å². The van der Waals surface area contributed by atoms with Gasteiger partial charge in [0.25, 0.3) is 0 Å². The predicted octanol–water partition coefficient (Wildman–Crippen LogP) is 3.23. The maximum absolute atomic E-state index is 12.0. The molecule has 1 amide bonds. The van der Waals surface area contributed by atoms with E-state index in [4.69, 9.17) is 5.73 Å². The van der Waals surface area contributed by atoms with Gasteiger partial charge in [0.15, 0.2) is 0 Å². The number of amides is 1. The fraction of sp³-hybridized carbons (Fsp3) is 0.938. The molecule has 1 atom stereocenters. The second kappa shape index (κ2) is 9.35. The Hall–Kier alpha value is -0.570. The molecule has 1 unspecified atom stereocenters. The van der Waals surface area contributed by atoms with Crippen LogP contribution in [0.2, 0.25) is 0 Å². The predicted molar refractivity (Wildman–Crippen MR) is 80.9 cm³/mol. The number of carbonyl (C=O) groups is 1. The van der Waals surface area contributed by atoms with E-state index >= 15 is 0 Å². The number of carbonyl (C=O) groups excluding carboxylic acids is 1. The van der Waals surface area contributed by atoms with Gasteiger partial charge in [-0.3, -0.25) is 4.79 Å². The van der Waals surface area contributed by atoms with Gasteiger partial charge in [0.2, 0.25) is 5.91 Å². The summed E-state index contributed by atoms with van der Waals surface area (Å²) >= 11 is 0. The molecule has 19 heavy (non-hydrogen) atoms. The minimum atomic E-state index is 0.250. The first-order chi connectivity index (χ1) is 9.15. The van der Waals surface area contributed by atoms with Crippen molar-refractivity contribution < 1.29 is 4.79 Å². The highest BCUT2D eigenvalue weighted by molar-refractivity contribution is 5.76. The number of nitrogens with one attached hydrogen (secondary N) is 1. The van der Waals surface area contributed by atoms with Crippen molar-refractivity contribution in [2.75, 3.05) is 6.54 Å². The van der Waals surface area contributed by atoms with E-state index in [0.29, 0.717) is 17.9 Å². The molecule has 0 aromatic rings. The lowest BCUT2D eigenvalue weighted by atomic mass is 9.80. The lowest BCUT2D eigenvalue weighted by molar-refractivity contribution is -0.122. The van der Waals surface area contributed by atoms with Crippen molar-refractivity contribution in [1.29, 1.82) is 0 Å². The summed E-state index contributed by atoms with van der Waals surface area (Å²) in [5.74, 6) is 1.54. The Morgan fingerprint density at radius 2 is 1.84 bits per heavy atom. The lowest BCUT2D eigenvalue weighted by Crippen LogP contribution is -2.34. The van der Waals surface area contributed by atoms with Gasteiger partial charge in [-0.25, -0.2) is 0 Å². The molecule has 3 N–H and O–H groups in total. The number of hydrogen-bond acceptors (Lipinski definition) is 2. The first-order valence-electron chi connectivity index (χ1n) is 8.15. The van der Waals surface area contributed by atoms with Crippen LogP contribution in [0.1, 0.15) is 71.6 Å². The molecule has 0 radical (unpaired) electrons. The maximum Gasteiger partial charge on any atom is 0.220 e. The number of unbranched alkanes of at least 4 members (excludes halogenated alkanes) is 2. The smallest absolute Gasteiger partial charge is 0.220 e. The average Bonchev–Trinajstić information content (AvgIpc) is 2.39. The summed E-state index contributed by atoms with van der Waals surface area (Å²) in [5, 5.41) is 3.15. The fourth-order valence-corrected chi connectivity index (χ4v) is 3.04. The minimum Gasteiger partial charge on any atom is -0.354 e.